The minimum atomic E-state index is 1.07. The largest absolute Gasteiger partial charge is 0.130 e. The number of hydrogen-bond acceptors (Lipinski definition) is 1. The van der Waals surface area contributed by atoms with Gasteiger partial charge in [0.15, 0.2) is 0 Å². The molecule has 0 bridgehead atoms. The molecule has 1 aromatic rings. The fourth-order valence-corrected chi connectivity index (χ4v) is 1.99. The van der Waals surface area contributed by atoms with Crippen molar-refractivity contribution in [3.05, 3.63) is 36.8 Å². The molecule has 0 amide bonds. The van der Waals surface area contributed by atoms with Crippen molar-refractivity contribution < 1.29 is 0 Å². The van der Waals surface area contributed by atoms with Crippen molar-refractivity contribution in [3.8, 4) is 0 Å². The van der Waals surface area contributed by atoms with Gasteiger partial charge in [0.05, 0.1) is 0 Å². The summed E-state index contributed by atoms with van der Waals surface area (Å²) in [6, 6.07) is 8.85. The van der Waals surface area contributed by atoms with Crippen molar-refractivity contribution in [1.29, 1.82) is 0 Å². The number of benzene rings is 1. The molecule has 0 heterocycles. The first kappa shape index (κ1) is 11.6. The van der Waals surface area contributed by atoms with Gasteiger partial charge < -0.3 is 0 Å². The Morgan fingerprint density at radius 1 is 1.21 bits per heavy atom. The van der Waals surface area contributed by atoms with Gasteiger partial charge in [-0.3, -0.25) is 0 Å². The number of aryl methyl sites for hydroxylation is 1. The van der Waals surface area contributed by atoms with Crippen LogP contribution >= 0.6 is 11.8 Å². The van der Waals surface area contributed by atoms with Crippen molar-refractivity contribution in [1.82, 2.24) is 0 Å². The number of thioether (sulfide) groups is 1. The third-order valence-corrected chi connectivity index (χ3v) is 3.07. The van der Waals surface area contributed by atoms with E-state index in [9.17, 15) is 0 Å². The van der Waals surface area contributed by atoms with Gasteiger partial charge in [-0.2, -0.15) is 0 Å². The van der Waals surface area contributed by atoms with E-state index >= 15 is 0 Å². The Labute approximate surface area is 92.1 Å². The van der Waals surface area contributed by atoms with Crippen molar-refractivity contribution in [2.24, 2.45) is 0 Å². The average Bonchev–Trinajstić information content (AvgIpc) is 2.25. The Kier molecular flexibility index (Phi) is 5.77. The lowest BCUT2D eigenvalue weighted by Crippen LogP contribution is -1.86. The maximum Gasteiger partial charge on any atom is 0.00718 e. The highest BCUT2D eigenvalue weighted by Gasteiger charge is 1.95. The SMILES string of the molecule is [CH2]CCCCCc1cccc(SC)c1. The fourth-order valence-electron chi connectivity index (χ4n) is 1.51. The highest BCUT2D eigenvalue weighted by atomic mass is 32.2. The predicted octanol–water partition coefficient (Wildman–Crippen LogP) is 4.35. The van der Waals surface area contributed by atoms with Crippen LogP contribution in [0.3, 0.4) is 0 Å². The van der Waals surface area contributed by atoms with Crippen LogP contribution in [0.2, 0.25) is 0 Å². The van der Waals surface area contributed by atoms with Gasteiger partial charge in [0.2, 0.25) is 0 Å². The molecule has 0 saturated carbocycles. The second-order valence-electron chi connectivity index (χ2n) is 3.52. The normalized spacial score (nSPS) is 10.4. The van der Waals surface area contributed by atoms with Crippen molar-refractivity contribution >= 4 is 11.8 Å². The highest BCUT2D eigenvalue weighted by Crippen LogP contribution is 2.17. The maximum atomic E-state index is 3.85. The first-order valence-corrected chi connectivity index (χ1v) is 6.51. The molecule has 0 aliphatic carbocycles. The van der Waals surface area contributed by atoms with Crippen LogP contribution in [0.4, 0.5) is 0 Å². The van der Waals surface area contributed by atoms with Gasteiger partial charge in [0.1, 0.15) is 0 Å². The molecule has 0 aliphatic rings. The lowest BCUT2D eigenvalue weighted by Gasteiger charge is -2.03. The molecule has 0 saturated heterocycles. The standard InChI is InChI=1S/C13H19S/c1-3-4-5-6-8-12-9-7-10-13(11-12)14-2/h7,9-11H,1,3-6,8H2,2H3. The molecular formula is C13H19S. The van der Waals surface area contributed by atoms with E-state index in [0.717, 1.165) is 6.42 Å². The third kappa shape index (κ3) is 4.19. The van der Waals surface area contributed by atoms with Gasteiger partial charge >= 0.3 is 0 Å². The van der Waals surface area contributed by atoms with E-state index in [-0.39, 0.29) is 0 Å². The van der Waals surface area contributed by atoms with Gasteiger partial charge in [-0.25, -0.2) is 0 Å². The van der Waals surface area contributed by atoms with Crippen molar-refractivity contribution in [2.45, 2.75) is 37.0 Å². The van der Waals surface area contributed by atoms with Crippen LogP contribution in [0.15, 0.2) is 29.2 Å². The molecule has 0 aliphatic heterocycles. The molecule has 0 spiro atoms. The minimum absolute atomic E-state index is 1.07. The fraction of sp³-hybridized carbons (Fsp3) is 0.462. The Hall–Kier alpha value is -0.430. The lowest BCUT2D eigenvalue weighted by molar-refractivity contribution is 0.685. The van der Waals surface area contributed by atoms with Gasteiger partial charge in [0.25, 0.3) is 0 Å². The van der Waals surface area contributed by atoms with Crippen molar-refractivity contribution in [2.75, 3.05) is 6.26 Å². The van der Waals surface area contributed by atoms with Crippen molar-refractivity contribution in [3.63, 3.8) is 0 Å². The zero-order chi connectivity index (χ0) is 10.2. The second-order valence-corrected chi connectivity index (χ2v) is 4.40. The molecule has 77 valence electrons. The van der Waals surface area contributed by atoms with Crippen LogP contribution < -0.4 is 0 Å². The van der Waals surface area contributed by atoms with E-state index < -0.39 is 0 Å². The zero-order valence-electron chi connectivity index (χ0n) is 8.96. The molecule has 1 rings (SSSR count). The maximum absolute atomic E-state index is 3.85. The van der Waals surface area contributed by atoms with E-state index in [1.807, 2.05) is 11.8 Å². The number of rotatable bonds is 6. The topological polar surface area (TPSA) is 0 Å². The van der Waals surface area contributed by atoms with Crippen LogP contribution in [-0.4, -0.2) is 6.26 Å². The molecule has 1 heteroatoms. The predicted molar refractivity (Wildman–Crippen MR) is 65.8 cm³/mol. The number of hydrogen-bond donors (Lipinski definition) is 0. The van der Waals surface area contributed by atoms with Gasteiger partial charge in [-0.15, -0.1) is 11.8 Å². The van der Waals surface area contributed by atoms with Crippen LogP contribution in [0.5, 0.6) is 0 Å². The first-order valence-electron chi connectivity index (χ1n) is 5.29. The molecule has 1 aromatic carbocycles. The summed E-state index contributed by atoms with van der Waals surface area (Å²) in [5.74, 6) is 0. The molecule has 0 nitrogen and oxygen atoms in total. The third-order valence-electron chi connectivity index (χ3n) is 2.35. The lowest BCUT2D eigenvalue weighted by atomic mass is 10.1. The summed E-state index contributed by atoms with van der Waals surface area (Å²) < 4.78 is 0. The van der Waals surface area contributed by atoms with Crippen LogP contribution in [0.1, 0.15) is 31.2 Å². The second kappa shape index (κ2) is 6.94. The van der Waals surface area contributed by atoms with Crippen LogP contribution in [0, 0.1) is 6.92 Å². The summed E-state index contributed by atoms with van der Waals surface area (Å²) in [5, 5.41) is 0. The van der Waals surface area contributed by atoms with E-state index in [4.69, 9.17) is 0 Å². The Bertz CT molecular complexity index is 255. The molecule has 0 unspecified atom stereocenters. The van der Waals surface area contributed by atoms with E-state index in [0.29, 0.717) is 0 Å². The number of unbranched alkanes of at least 4 members (excludes halogenated alkanes) is 3. The van der Waals surface area contributed by atoms with Gasteiger partial charge in [-0.05, 0) is 36.8 Å². The molecule has 0 N–H and O–H groups in total. The Morgan fingerprint density at radius 2 is 2.07 bits per heavy atom. The van der Waals surface area contributed by atoms with Gasteiger partial charge in [0, 0.05) is 4.90 Å². The summed E-state index contributed by atoms with van der Waals surface area (Å²) in [6.07, 6.45) is 8.30. The highest BCUT2D eigenvalue weighted by molar-refractivity contribution is 7.98. The summed E-state index contributed by atoms with van der Waals surface area (Å²) in [7, 11) is 0. The molecule has 0 aromatic heterocycles. The molecule has 14 heavy (non-hydrogen) atoms. The summed E-state index contributed by atoms with van der Waals surface area (Å²) in [4.78, 5) is 1.37. The average molecular weight is 207 g/mol. The summed E-state index contributed by atoms with van der Waals surface area (Å²) in [5.41, 5.74) is 1.47. The van der Waals surface area contributed by atoms with E-state index in [2.05, 4.69) is 37.4 Å². The van der Waals surface area contributed by atoms with Crippen LogP contribution in [0.25, 0.3) is 0 Å². The summed E-state index contributed by atoms with van der Waals surface area (Å²) in [6.45, 7) is 3.85. The van der Waals surface area contributed by atoms with E-state index in [1.54, 1.807) is 0 Å². The quantitative estimate of drug-likeness (QED) is 0.494. The molecular weight excluding hydrogens is 188 g/mol. The van der Waals surface area contributed by atoms with E-state index in [1.165, 1.54) is 36.1 Å². The van der Waals surface area contributed by atoms with Crippen LogP contribution in [-0.2, 0) is 6.42 Å². The Balaban J connectivity index is 2.34. The van der Waals surface area contributed by atoms with Gasteiger partial charge in [-0.1, -0.05) is 38.3 Å². The first-order chi connectivity index (χ1) is 6.86. The minimum Gasteiger partial charge on any atom is -0.130 e. The Morgan fingerprint density at radius 3 is 2.79 bits per heavy atom. The molecule has 0 atom stereocenters. The molecule has 1 radical (unpaired) electrons. The molecule has 0 fully saturated rings. The zero-order valence-corrected chi connectivity index (χ0v) is 9.78. The summed E-state index contributed by atoms with van der Waals surface area (Å²) >= 11 is 1.82. The smallest absolute Gasteiger partial charge is 0.00718 e. The monoisotopic (exact) mass is 207 g/mol.